The fourth-order valence-corrected chi connectivity index (χ4v) is 5.25. The van der Waals surface area contributed by atoms with Crippen LogP contribution in [0.5, 0.6) is 0 Å². The van der Waals surface area contributed by atoms with Crippen molar-refractivity contribution < 1.29 is 27.6 Å². The summed E-state index contributed by atoms with van der Waals surface area (Å²) in [6.07, 6.45) is 2.13. The van der Waals surface area contributed by atoms with E-state index in [0.29, 0.717) is 12.1 Å². The van der Waals surface area contributed by atoms with Crippen LogP contribution in [0, 0.1) is 5.92 Å². The van der Waals surface area contributed by atoms with Gasteiger partial charge in [-0.15, -0.1) is 0 Å². The highest BCUT2D eigenvalue weighted by molar-refractivity contribution is 7.84. The predicted molar refractivity (Wildman–Crippen MR) is 140 cm³/mol. The summed E-state index contributed by atoms with van der Waals surface area (Å²) in [7, 11) is -4.19. The third kappa shape index (κ3) is 5.44. The van der Waals surface area contributed by atoms with E-state index in [0.717, 1.165) is 16.5 Å². The molecule has 38 heavy (non-hydrogen) atoms. The Kier molecular flexibility index (Phi) is 7.23. The second-order valence-electron chi connectivity index (χ2n) is 9.29. The van der Waals surface area contributed by atoms with Crippen molar-refractivity contribution in [3.63, 3.8) is 0 Å². The summed E-state index contributed by atoms with van der Waals surface area (Å²) >= 11 is 0. The van der Waals surface area contributed by atoms with Gasteiger partial charge in [-0.3, -0.25) is 8.98 Å². The van der Waals surface area contributed by atoms with Gasteiger partial charge in [0.25, 0.3) is 0 Å². The maximum atomic E-state index is 13.8. The van der Waals surface area contributed by atoms with Gasteiger partial charge in [0.2, 0.25) is 0 Å². The van der Waals surface area contributed by atoms with Crippen LogP contribution in [0.1, 0.15) is 27.9 Å². The second-order valence-corrected chi connectivity index (χ2v) is 10.5. The van der Waals surface area contributed by atoms with Crippen molar-refractivity contribution in [3.8, 4) is 0 Å². The smallest absolute Gasteiger partial charge is 0.333 e. The first-order valence-corrected chi connectivity index (χ1v) is 13.4. The molecular formula is C26H27N5O6S. The standard InChI is InChI=1S/C26H27N5O6S/c27-38(35,36)37-14-17-10-21(25(34)23(17)32)30-26-19(11-28-15-29-26)24(33)20-13-31(12-16-6-2-1-3-7-16)22-9-5-4-8-18(20)22/h1-9,11,13,15,17,21,23,25,32,34H,10,12,14H2,(H2,27,35,36)(H,28,29,30)/t17-,21-,23-,25+/m1/s1. The van der Waals surface area contributed by atoms with Gasteiger partial charge < -0.3 is 20.1 Å². The lowest BCUT2D eigenvalue weighted by atomic mass is 10.0. The lowest BCUT2D eigenvalue weighted by Crippen LogP contribution is -2.36. The Balaban J connectivity index is 1.42. The van der Waals surface area contributed by atoms with Gasteiger partial charge in [-0.2, -0.15) is 8.42 Å². The number of fused-ring (bicyclic) bond motifs is 1. The van der Waals surface area contributed by atoms with Crippen LogP contribution in [0.25, 0.3) is 10.9 Å². The Morgan fingerprint density at radius 3 is 2.58 bits per heavy atom. The Labute approximate surface area is 219 Å². The van der Waals surface area contributed by atoms with E-state index in [2.05, 4.69) is 19.5 Å². The van der Waals surface area contributed by atoms with Gasteiger partial charge in [-0.25, -0.2) is 15.1 Å². The summed E-state index contributed by atoms with van der Waals surface area (Å²) in [5, 5.41) is 29.7. The maximum Gasteiger partial charge on any atom is 0.333 e. The highest BCUT2D eigenvalue weighted by Crippen LogP contribution is 2.31. The van der Waals surface area contributed by atoms with E-state index in [1.54, 1.807) is 0 Å². The number of rotatable bonds is 9. The fourth-order valence-electron chi connectivity index (χ4n) is 4.89. The minimum Gasteiger partial charge on any atom is -0.390 e. The molecule has 2 aromatic carbocycles. The molecule has 2 aromatic heterocycles. The molecule has 0 unspecified atom stereocenters. The van der Waals surface area contributed by atoms with Crippen LogP contribution < -0.4 is 10.5 Å². The van der Waals surface area contributed by atoms with Crippen LogP contribution in [0.4, 0.5) is 5.82 Å². The van der Waals surface area contributed by atoms with Gasteiger partial charge in [-0.1, -0.05) is 48.5 Å². The lowest BCUT2D eigenvalue weighted by Gasteiger charge is -2.19. The third-order valence-electron chi connectivity index (χ3n) is 6.76. The van der Waals surface area contributed by atoms with Crippen molar-refractivity contribution in [3.05, 3.63) is 90.0 Å². The molecule has 0 saturated heterocycles. The highest BCUT2D eigenvalue weighted by atomic mass is 32.2. The van der Waals surface area contributed by atoms with Crippen LogP contribution >= 0.6 is 0 Å². The van der Waals surface area contributed by atoms with Crippen LogP contribution in [0.2, 0.25) is 0 Å². The monoisotopic (exact) mass is 537 g/mol. The molecule has 5 rings (SSSR count). The number of ketones is 1. The van der Waals surface area contributed by atoms with Gasteiger partial charge in [-0.05, 0) is 18.1 Å². The molecule has 0 radical (unpaired) electrons. The van der Waals surface area contributed by atoms with E-state index >= 15 is 0 Å². The zero-order valence-electron chi connectivity index (χ0n) is 20.2. The van der Waals surface area contributed by atoms with E-state index in [1.807, 2.05) is 65.4 Å². The predicted octanol–water partition coefficient (Wildman–Crippen LogP) is 1.45. The molecule has 1 aliphatic carbocycles. The number of benzene rings is 2. The minimum absolute atomic E-state index is 0.159. The molecule has 0 spiro atoms. The zero-order chi connectivity index (χ0) is 26.9. The fraction of sp³-hybridized carbons (Fsp3) is 0.269. The number of nitrogens with two attached hydrogens (primary N) is 1. The van der Waals surface area contributed by atoms with E-state index in [4.69, 9.17) is 5.14 Å². The van der Waals surface area contributed by atoms with Crippen LogP contribution in [0.15, 0.2) is 73.3 Å². The van der Waals surface area contributed by atoms with Crippen molar-refractivity contribution in [2.24, 2.45) is 11.1 Å². The van der Waals surface area contributed by atoms with Crippen molar-refractivity contribution in [2.75, 3.05) is 11.9 Å². The number of anilines is 1. The Morgan fingerprint density at radius 1 is 1.08 bits per heavy atom. The maximum absolute atomic E-state index is 13.8. The molecule has 0 bridgehead atoms. The number of hydrogen-bond acceptors (Lipinski definition) is 9. The highest BCUT2D eigenvalue weighted by Gasteiger charge is 2.42. The van der Waals surface area contributed by atoms with Gasteiger partial charge in [0.05, 0.1) is 24.3 Å². The first kappa shape index (κ1) is 25.9. The quantitative estimate of drug-likeness (QED) is 0.231. The average Bonchev–Trinajstić information content (AvgIpc) is 3.40. The van der Waals surface area contributed by atoms with Gasteiger partial charge in [0.1, 0.15) is 18.2 Å². The molecule has 11 nitrogen and oxygen atoms in total. The summed E-state index contributed by atoms with van der Waals surface area (Å²) in [6.45, 7) is 0.199. The summed E-state index contributed by atoms with van der Waals surface area (Å²) in [6, 6.07) is 16.8. The molecule has 0 aliphatic heterocycles. The van der Waals surface area contributed by atoms with Gasteiger partial charge in [0.15, 0.2) is 5.78 Å². The number of hydrogen-bond donors (Lipinski definition) is 4. The summed E-state index contributed by atoms with van der Waals surface area (Å²) in [5.41, 5.74) is 2.66. The van der Waals surface area contributed by atoms with E-state index in [1.165, 1.54) is 12.5 Å². The summed E-state index contributed by atoms with van der Waals surface area (Å²) in [4.78, 5) is 22.1. The largest absolute Gasteiger partial charge is 0.390 e. The van der Waals surface area contributed by atoms with Gasteiger partial charge >= 0.3 is 10.3 Å². The number of carbonyl (C=O) groups is 1. The number of carbonyl (C=O) groups excluding carboxylic acids is 1. The lowest BCUT2D eigenvalue weighted by molar-refractivity contribution is 0.00778. The SMILES string of the molecule is NS(=O)(=O)OC[C@H]1C[C@@H](Nc2ncncc2C(=O)c2cn(Cc3ccccc3)c3ccccc23)[C@H](O)[C@@H]1O. The van der Waals surface area contributed by atoms with Crippen molar-refractivity contribution in [1.29, 1.82) is 0 Å². The van der Waals surface area contributed by atoms with Crippen molar-refractivity contribution in [1.82, 2.24) is 14.5 Å². The van der Waals surface area contributed by atoms with Crippen LogP contribution in [-0.2, 0) is 21.0 Å². The van der Waals surface area contributed by atoms with E-state index < -0.39 is 34.5 Å². The Bertz CT molecular complexity index is 1560. The Morgan fingerprint density at radius 2 is 1.82 bits per heavy atom. The normalized spacial score (nSPS) is 21.6. The van der Waals surface area contributed by atoms with Crippen LogP contribution in [0.3, 0.4) is 0 Å². The molecule has 2 heterocycles. The molecule has 1 fully saturated rings. The zero-order valence-corrected chi connectivity index (χ0v) is 21.0. The summed E-state index contributed by atoms with van der Waals surface area (Å²) < 4.78 is 28.9. The molecule has 1 aliphatic rings. The molecule has 0 amide bonds. The van der Waals surface area contributed by atoms with Crippen molar-refractivity contribution >= 4 is 32.8 Å². The number of aromatic nitrogens is 3. The summed E-state index contributed by atoms with van der Waals surface area (Å²) in [5.74, 6) is -0.815. The average molecular weight is 538 g/mol. The first-order chi connectivity index (χ1) is 18.2. The molecule has 4 atom stereocenters. The van der Waals surface area contributed by atoms with Crippen molar-refractivity contribution in [2.45, 2.75) is 31.2 Å². The molecule has 1 saturated carbocycles. The number of nitrogens with zero attached hydrogens (tertiary/aromatic N) is 3. The molecule has 5 N–H and O–H groups in total. The number of nitrogens with one attached hydrogen (secondary N) is 1. The molecule has 4 aromatic rings. The minimum atomic E-state index is -4.19. The Hall–Kier alpha value is -3.68. The van der Waals surface area contributed by atoms with Crippen LogP contribution in [-0.4, -0.2) is 63.8 Å². The third-order valence-corrected chi connectivity index (χ3v) is 7.22. The second kappa shape index (κ2) is 10.6. The molecular weight excluding hydrogens is 510 g/mol. The van der Waals surface area contributed by atoms with E-state index in [-0.39, 0.29) is 30.2 Å². The number of aliphatic hydroxyl groups is 2. The topological polar surface area (TPSA) is 170 Å². The number of aliphatic hydroxyl groups excluding tert-OH is 2. The van der Waals surface area contributed by atoms with Gasteiger partial charge in [0, 0.05) is 41.3 Å². The molecule has 198 valence electrons. The number of para-hydroxylation sites is 1. The van der Waals surface area contributed by atoms with E-state index in [9.17, 15) is 23.4 Å². The molecule has 12 heteroatoms. The first-order valence-electron chi connectivity index (χ1n) is 12.0.